The van der Waals surface area contributed by atoms with E-state index < -0.39 is 11.9 Å². The van der Waals surface area contributed by atoms with Crippen LogP contribution in [0, 0.1) is 0 Å². The molecule has 1 rings (SSSR count). The fraction of sp³-hybridized carbons (Fsp3) is 0.385. The van der Waals surface area contributed by atoms with E-state index in [-0.39, 0.29) is 13.2 Å². The van der Waals surface area contributed by atoms with Gasteiger partial charge in [-0.05, 0) is 19.1 Å². The molecule has 6 nitrogen and oxygen atoms in total. The molecule has 0 aliphatic heterocycles. The number of benzene rings is 1. The molecular weight excluding hydrogens is 250 g/mol. The van der Waals surface area contributed by atoms with Gasteiger partial charge in [-0.1, -0.05) is 12.1 Å². The van der Waals surface area contributed by atoms with Crippen LogP contribution in [-0.4, -0.2) is 38.8 Å². The maximum atomic E-state index is 11.6. The molecule has 1 aromatic rings. The molecule has 104 valence electrons. The summed E-state index contributed by atoms with van der Waals surface area (Å²) in [6.07, 6.45) is 0. The Morgan fingerprint density at radius 1 is 1.21 bits per heavy atom. The summed E-state index contributed by atoms with van der Waals surface area (Å²) in [6.45, 7) is 1.67. The first-order chi connectivity index (χ1) is 9.17. The molecule has 0 radical (unpaired) electrons. The quantitative estimate of drug-likeness (QED) is 0.752. The molecule has 1 amide bonds. The van der Waals surface area contributed by atoms with Gasteiger partial charge in [0.1, 0.15) is 12.4 Å². The third-order valence-electron chi connectivity index (χ3n) is 2.17. The van der Waals surface area contributed by atoms with Crippen LogP contribution in [-0.2, 0) is 19.1 Å². The molecule has 0 atom stereocenters. The van der Waals surface area contributed by atoms with Gasteiger partial charge >= 0.3 is 5.97 Å². The number of hydrogen-bond donors (Lipinski definition) is 1. The predicted octanol–water partition coefficient (Wildman–Crippen LogP) is 1.21. The van der Waals surface area contributed by atoms with Crippen LogP contribution in [0.1, 0.15) is 6.92 Å². The first-order valence-electron chi connectivity index (χ1n) is 5.83. The van der Waals surface area contributed by atoms with Crippen molar-refractivity contribution < 1.29 is 23.8 Å². The molecule has 0 saturated carbocycles. The zero-order valence-corrected chi connectivity index (χ0v) is 11.0. The van der Waals surface area contributed by atoms with Crippen LogP contribution in [0.25, 0.3) is 0 Å². The minimum Gasteiger partial charge on any atom is -0.495 e. The van der Waals surface area contributed by atoms with Crippen LogP contribution in [0.5, 0.6) is 5.75 Å². The van der Waals surface area contributed by atoms with Crippen molar-refractivity contribution in [1.29, 1.82) is 0 Å². The van der Waals surface area contributed by atoms with Gasteiger partial charge in [-0.2, -0.15) is 0 Å². The molecule has 0 aliphatic rings. The standard InChI is InChI=1S/C13H17NO5/c1-3-18-9-13(16)19-8-12(15)14-10-6-4-5-7-11(10)17-2/h4-7H,3,8-9H2,1-2H3,(H,14,15). The molecule has 1 aromatic carbocycles. The van der Waals surface area contributed by atoms with E-state index in [2.05, 4.69) is 5.32 Å². The summed E-state index contributed by atoms with van der Waals surface area (Å²) in [5.74, 6) is -0.470. The van der Waals surface area contributed by atoms with Gasteiger partial charge in [0.25, 0.3) is 5.91 Å². The monoisotopic (exact) mass is 267 g/mol. The first kappa shape index (κ1) is 15.0. The smallest absolute Gasteiger partial charge is 0.332 e. The number of nitrogens with one attached hydrogen (secondary N) is 1. The number of carbonyl (C=O) groups excluding carboxylic acids is 2. The SMILES string of the molecule is CCOCC(=O)OCC(=O)Nc1ccccc1OC. The van der Waals surface area contributed by atoms with E-state index in [0.717, 1.165) is 0 Å². The molecule has 0 aromatic heterocycles. The van der Waals surface area contributed by atoms with Gasteiger partial charge in [0.2, 0.25) is 0 Å². The van der Waals surface area contributed by atoms with Gasteiger partial charge in [0, 0.05) is 6.61 Å². The van der Waals surface area contributed by atoms with Crippen molar-refractivity contribution in [1.82, 2.24) is 0 Å². The van der Waals surface area contributed by atoms with Crippen LogP contribution < -0.4 is 10.1 Å². The number of amides is 1. The average molecular weight is 267 g/mol. The van der Waals surface area contributed by atoms with Crippen LogP contribution in [0.2, 0.25) is 0 Å². The van der Waals surface area contributed by atoms with Crippen LogP contribution in [0.4, 0.5) is 5.69 Å². The van der Waals surface area contributed by atoms with Gasteiger partial charge < -0.3 is 19.5 Å². The molecule has 0 fully saturated rings. The lowest BCUT2D eigenvalue weighted by Crippen LogP contribution is -2.23. The number of hydrogen-bond acceptors (Lipinski definition) is 5. The fourth-order valence-electron chi connectivity index (χ4n) is 1.31. The zero-order valence-electron chi connectivity index (χ0n) is 11.0. The summed E-state index contributed by atoms with van der Waals surface area (Å²) in [6, 6.07) is 6.96. The van der Waals surface area contributed by atoms with Gasteiger partial charge in [-0.25, -0.2) is 4.79 Å². The largest absolute Gasteiger partial charge is 0.495 e. The molecule has 0 aliphatic carbocycles. The van der Waals surface area contributed by atoms with E-state index in [1.54, 1.807) is 31.2 Å². The number of ether oxygens (including phenoxy) is 3. The molecule has 6 heteroatoms. The molecule has 19 heavy (non-hydrogen) atoms. The van der Waals surface area contributed by atoms with Crippen molar-refractivity contribution in [2.45, 2.75) is 6.92 Å². The van der Waals surface area contributed by atoms with Gasteiger partial charge in [-0.3, -0.25) is 4.79 Å². The molecule has 0 saturated heterocycles. The molecule has 0 heterocycles. The van der Waals surface area contributed by atoms with E-state index >= 15 is 0 Å². The number of para-hydroxylation sites is 2. The van der Waals surface area contributed by atoms with Crippen LogP contribution in [0.3, 0.4) is 0 Å². The molecule has 0 unspecified atom stereocenters. The highest BCUT2D eigenvalue weighted by molar-refractivity contribution is 5.94. The summed E-state index contributed by atoms with van der Waals surface area (Å²) < 4.78 is 14.7. The number of carbonyl (C=O) groups is 2. The lowest BCUT2D eigenvalue weighted by Gasteiger charge is -2.10. The number of anilines is 1. The van der Waals surface area contributed by atoms with Gasteiger partial charge in [0.15, 0.2) is 6.61 Å². The normalized spacial score (nSPS) is 9.79. The lowest BCUT2D eigenvalue weighted by molar-refractivity contribution is -0.151. The van der Waals surface area contributed by atoms with E-state index in [1.807, 2.05) is 0 Å². The summed E-state index contributed by atoms with van der Waals surface area (Å²) in [5, 5.41) is 2.59. The summed E-state index contributed by atoms with van der Waals surface area (Å²) >= 11 is 0. The first-order valence-corrected chi connectivity index (χ1v) is 5.83. The van der Waals surface area contributed by atoms with E-state index in [1.165, 1.54) is 7.11 Å². The second-order valence-corrected chi connectivity index (χ2v) is 3.55. The Labute approximate surface area is 111 Å². The summed E-state index contributed by atoms with van der Waals surface area (Å²) in [5.41, 5.74) is 0.524. The van der Waals surface area contributed by atoms with Crippen molar-refractivity contribution in [3.63, 3.8) is 0 Å². The second-order valence-electron chi connectivity index (χ2n) is 3.55. The van der Waals surface area contributed by atoms with Crippen molar-refractivity contribution in [3.8, 4) is 5.75 Å². The average Bonchev–Trinajstić information content (AvgIpc) is 2.43. The Hall–Kier alpha value is -2.08. The van der Waals surface area contributed by atoms with Crippen LogP contribution in [0.15, 0.2) is 24.3 Å². The van der Waals surface area contributed by atoms with Gasteiger partial charge in [-0.15, -0.1) is 0 Å². The number of rotatable bonds is 7. The fourth-order valence-corrected chi connectivity index (χ4v) is 1.31. The summed E-state index contributed by atoms with van der Waals surface area (Å²) in [7, 11) is 1.51. The third kappa shape index (κ3) is 5.39. The lowest BCUT2D eigenvalue weighted by atomic mass is 10.3. The number of esters is 1. The number of methoxy groups -OCH3 is 1. The Morgan fingerprint density at radius 3 is 2.63 bits per heavy atom. The van der Waals surface area contributed by atoms with Crippen molar-refractivity contribution in [2.24, 2.45) is 0 Å². The zero-order chi connectivity index (χ0) is 14.1. The van der Waals surface area contributed by atoms with Crippen molar-refractivity contribution in [3.05, 3.63) is 24.3 Å². The highest BCUT2D eigenvalue weighted by atomic mass is 16.6. The highest BCUT2D eigenvalue weighted by Gasteiger charge is 2.09. The van der Waals surface area contributed by atoms with E-state index in [9.17, 15) is 9.59 Å². The topological polar surface area (TPSA) is 73.9 Å². The Morgan fingerprint density at radius 2 is 1.95 bits per heavy atom. The molecule has 1 N–H and O–H groups in total. The Bertz CT molecular complexity index is 433. The van der Waals surface area contributed by atoms with Gasteiger partial charge in [0.05, 0.1) is 12.8 Å². The highest BCUT2D eigenvalue weighted by Crippen LogP contribution is 2.22. The molecular formula is C13H17NO5. The van der Waals surface area contributed by atoms with Crippen molar-refractivity contribution in [2.75, 3.05) is 32.2 Å². The second kappa shape index (κ2) is 8.10. The minimum atomic E-state index is -0.572. The predicted molar refractivity (Wildman–Crippen MR) is 69.1 cm³/mol. The maximum Gasteiger partial charge on any atom is 0.332 e. The Kier molecular flexibility index (Phi) is 6.38. The molecule has 0 spiro atoms. The van der Waals surface area contributed by atoms with E-state index in [0.29, 0.717) is 18.0 Å². The van der Waals surface area contributed by atoms with Crippen LogP contribution >= 0.6 is 0 Å². The summed E-state index contributed by atoms with van der Waals surface area (Å²) in [4.78, 5) is 22.7. The minimum absolute atomic E-state index is 0.154. The van der Waals surface area contributed by atoms with E-state index in [4.69, 9.17) is 14.2 Å². The molecule has 0 bridgehead atoms. The maximum absolute atomic E-state index is 11.6. The van der Waals surface area contributed by atoms with Crippen molar-refractivity contribution >= 4 is 17.6 Å². The third-order valence-corrected chi connectivity index (χ3v) is 2.17. The Balaban J connectivity index is 2.41.